The van der Waals surface area contributed by atoms with Gasteiger partial charge in [-0.1, -0.05) is 19.8 Å². The summed E-state index contributed by atoms with van der Waals surface area (Å²) in [5, 5.41) is 4.04. The molecule has 0 aliphatic carbocycles. The van der Waals surface area contributed by atoms with E-state index in [2.05, 4.69) is 12.0 Å². The van der Waals surface area contributed by atoms with Crippen molar-refractivity contribution in [2.75, 3.05) is 0 Å². The van der Waals surface area contributed by atoms with Gasteiger partial charge in [-0.3, -0.25) is 9.48 Å². The van der Waals surface area contributed by atoms with E-state index in [1.54, 1.807) is 16.9 Å². The lowest BCUT2D eigenvalue weighted by Gasteiger charge is -2.01. The quantitative estimate of drug-likeness (QED) is 0.494. The van der Waals surface area contributed by atoms with Gasteiger partial charge in [0, 0.05) is 12.7 Å². The Morgan fingerprint density at radius 1 is 1.58 bits per heavy atom. The minimum atomic E-state index is 0.672. The van der Waals surface area contributed by atoms with Gasteiger partial charge in [0.2, 0.25) is 0 Å². The standard InChI is InChI=1S/C9H14N2O/c1-2-3-4-7-11-9(8-12)5-6-10-11/h5-6,8H,2-4,7H2,1H3. The van der Waals surface area contributed by atoms with E-state index in [0.717, 1.165) is 19.3 Å². The van der Waals surface area contributed by atoms with E-state index in [1.165, 1.54) is 12.8 Å². The van der Waals surface area contributed by atoms with Crippen LogP contribution in [0.1, 0.15) is 36.7 Å². The minimum Gasteiger partial charge on any atom is -0.296 e. The lowest BCUT2D eigenvalue weighted by Crippen LogP contribution is -2.03. The predicted octanol–water partition coefficient (Wildman–Crippen LogP) is 1.89. The molecule has 0 aromatic carbocycles. The normalized spacial score (nSPS) is 10.1. The summed E-state index contributed by atoms with van der Waals surface area (Å²) >= 11 is 0. The zero-order chi connectivity index (χ0) is 8.81. The van der Waals surface area contributed by atoms with Crippen LogP contribution < -0.4 is 0 Å². The number of nitrogens with zero attached hydrogens (tertiary/aromatic N) is 2. The summed E-state index contributed by atoms with van der Waals surface area (Å²) in [6, 6.07) is 1.74. The molecule has 0 aliphatic rings. The monoisotopic (exact) mass is 166 g/mol. The van der Waals surface area contributed by atoms with Gasteiger partial charge in [0.1, 0.15) is 5.69 Å². The molecule has 0 unspecified atom stereocenters. The molecule has 66 valence electrons. The van der Waals surface area contributed by atoms with Crippen molar-refractivity contribution in [2.45, 2.75) is 32.7 Å². The van der Waals surface area contributed by atoms with Crippen molar-refractivity contribution in [1.82, 2.24) is 9.78 Å². The number of carbonyl (C=O) groups is 1. The summed E-state index contributed by atoms with van der Waals surface area (Å²) in [5.41, 5.74) is 0.672. The van der Waals surface area contributed by atoms with Crippen molar-refractivity contribution in [2.24, 2.45) is 0 Å². The molecule has 0 saturated carbocycles. The van der Waals surface area contributed by atoms with Crippen molar-refractivity contribution < 1.29 is 4.79 Å². The maximum atomic E-state index is 10.5. The fourth-order valence-corrected chi connectivity index (χ4v) is 1.14. The molecule has 1 rings (SSSR count). The molecular weight excluding hydrogens is 152 g/mol. The van der Waals surface area contributed by atoms with Gasteiger partial charge in [0.25, 0.3) is 0 Å². The molecular formula is C9H14N2O. The van der Waals surface area contributed by atoms with Gasteiger partial charge < -0.3 is 0 Å². The number of hydrogen-bond donors (Lipinski definition) is 0. The number of aromatic nitrogens is 2. The van der Waals surface area contributed by atoms with Crippen molar-refractivity contribution in [3.05, 3.63) is 18.0 Å². The molecule has 0 spiro atoms. The van der Waals surface area contributed by atoms with Gasteiger partial charge in [-0.25, -0.2) is 0 Å². The Kier molecular flexibility index (Phi) is 3.51. The number of aryl methyl sites for hydroxylation is 1. The van der Waals surface area contributed by atoms with Crippen LogP contribution in [0.2, 0.25) is 0 Å². The topological polar surface area (TPSA) is 34.9 Å². The van der Waals surface area contributed by atoms with E-state index in [-0.39, 0.29) is 0 Å². The fraction of sp³-hybridized carbons (Fsp3) is 0.556. The maximum absolute atomic E-state index is 10.5. The van der Waals surface area contributed by atoms with E-state index >= 15 is 0 Å². The highest BCUT2D eigenvalue weighted by atomic mass is 16.1. The first-order valence-electron chi connectivity index (χ1n) is 4.35. The van der Waals surface area contributed by atoms with E-state index in [0.29, 0.717) is 5.69 Å². The van der Waals surface area contributed by atoms with Crippen molar-refractivity contribution in [3.8, 4) is 0 Å². The summed E-state index contributed by atoms with van der Waals surface area (Å²) in [7, 11) is 0. The molecule has 0 aliphatic heterocycles. The largest absolute Gasteiger partial charge is 0.296 e. The van der Waals surface area contributed by atoms with E-state index in [9.17, 15) is 4.79 Å². The average molecular weight is 166 g/mol. The summed E-state index contributed by atoms with van der Waals surface area (Å²) in [6.07, 6.45) is 5.99. The molecule has 1 aromatic heterocycles. The Morgan fingerprint density at radius 3 is 3.08 bits per heavy atom. The lowest BCUT2D eigenvalue weighted by atomic mass is 10.2. The van der Waals surface area contributed by atoms with E-state index in [4.69, 9.17) is 0 Å². The lowest BCUT2D eigenvalue weighted by molar-refractivity contribution is 0.111. The molecule has 0 saturated heterocycles. The summed E-state index contributed by atoms with van der Waals surface area (Å²) in [5.74, 6) is 0. The number of hydrogen-bond acceptors (Lipinski definition) is 2. The SMILES string of the molecule is CCCCCn1nccc1C=O. The molecule has 3 heteroatoms. The van der Waals surface area contributed by atoms with Gasteiger partial charge in [-0.15, -0.1) is 0 Å². The Balaban J connectivity index is 2.45. The fourth-order valence-electron chi connectivity index (χ4n) is 1.14. The number of rotatable bonds is 5. The van der Waals surface area contributed by atoms with Gasteiger partial charge >= 0.3 is 0 Å². The second kappa shape index (κ2) is 4.70. The van der Waals surface area contributed by atoms with Crippen LogP contribution in [0.25, 0.3) is 0 Å². The van der Waals surface area contributed by atoms with Gasteiger partial charge in [-0.05, 0) is 12.5 Å². The molecule has 12 heavy (non-hydrogen) atoms. The molecule has 1 aromatic rings. The zero-order valence-corrected chi connectivity index (χ0v) is 7.36. The minimum absolute atomic E-state index is 0.672. The Bertz CT molecular complexity index is 242. The predicted molar refractivity (Wildman–Crippen MR) is 47.1 cm³/mol. The Morgan fingerprint density at radius 2 is 2.42 bits per heavy atom. The number of unbranched alkanes of at least 4 members (excludes halogenated alkanes) is 2. The molecule has 0 atom stereocenters. The van der Waals surface area contributed by atoms with Gasteiger partial charge in [0.05, 0.1) is 0 Å². The van der Waals surface area contributed by atoms with E-state index in [1.807, 2.05) is 0 Å². The summed E-state index contributed by atoms with van der Waals surface area (Å²) in [4.78, 5) is 10.5. The zero-order valence-electron chi connectivity index (χ0n) is 7.36. The van der Waals surface area contributed by atoms with Crippen LogP contribution >= 0.6 is 0 Å². The molecule has 0 amide bonds. The molecule has 0 bridgehead atoms. The van der Waals surface area contributed by atoms with Crippen LogP contribution in [-0.2, 0) is 6.54 Å². The maximum Gasteiger partial charge on any atom is 0.168 e. The van der Waals surface area contributed by atoms with Crippen LogP contribution in [0.3, 0.4) is 0 Å². The van der Waals surface area contributed by atoms with Crippen LogP contribution in [0, 0.1) is 0 Å². The highest BCUT2D eigenvalue weighted by Crippen LogP contribution is 2.00. The molecule has 0 radical (unpaired) electrons. The van der Waals surface area contributed by atoms with Crippen molar-refractivity contribution >= 4 is 6.29 Å². The molecule has 0 N–H and O–H groups in total. The summed E-state index contributed by atoms with van der Waals surface area (Å²) < 4.78 is 1.75. The molecule has 3 nitrogen and oxygen atoms in total. The summed E-state index contributed by atoms with van der Waals surface area (Å²) in [6.45, 7) is 3.01. The highest BCUT2D eigenvalue weighted by Gasteiger charge is 1.98. The second-order valence-electron chi connectivity index (χ2n) is 2.80. The third-order valence-corrected chi connectivity index (χ3v) is 1.84. The van der Waals surface area contributed by atoms with Crippen LogP contribution in [0.4, 0.5) is 0 Å². The number of carbonyl (C=O) groups excluding carboxylic acids is 1. The van der Waals surface area contributed by atoms with Crippen LogP contribution in [-0.4, -0.2) is 16.1 Å². The third kappa shape index (κ3) is 2.19. The first-order valence-corrected chi connectivity index (χ1v) is 4.35. The number of aldehydes is 1. The third-order valence-electron chi connectivity index (χ3n) is 1.84. The Hall–Kier alpha value is -1.12. The van der Waals surface area contributed by atoms with Crippen LogP contribution in [0.5, 0.6) is 0 Å². The first-order chi connectivity index (χ1) is 5.88. The smallest absolute Gasteiger partial charge is 0.168 e. The van der Waals surface area contributed by atoms with Crippen molar-refractivity contribution in [1.29, 1.82) is 0 Å². The molecule has 1 heterocycles. The van der Waals surface area contributed by atoms with Crippen molar-refractivity contribution in [3.63, 3.8) is 0 Å². The van der Waals surface area contributed by atoms with Gasteiger partial charge in [-0.2, -0.15) is 5.10 Å². The first kappa shape index (κ1) is 8.97. The second-order valence-corrected chi connectivity index (χ2v) is 2.80. The van der Waals surface area contributed by atoms with E-state index < -0.39 is 0 Å². The molecule has 0 fully saturated rings. The average Bonchev–Trinajstić information content (AvgIpc) is 2.52. The Labute approximate surface area is 72.4 Å². The van der Waals surface area contributed by atoms with Gasteiger partial charge in [0.15, 0.2) is 6.29 Å². The highest BCUT2D eigenvalue weighted by molar-refractivity contribution is 5.71. The van der Waals surface area contributed by atoms with Crippen LogP contribution in [0.15, 0.2) is 12.3 Å².